The van der Waals surface area contributed by atoms with Crippen LogP contribution in [0, 0.1) is 0 Å². The van der Waals surface area contributed by atoms with Crippen molar-refractivity contribution in [3.05, 3.63) is 82.9 Å². The van der Waals surface area contributed by atoms with Crippen LogP contribution >= 0.6 is 0 Å². The number of Topliss-reactive ketones (excluding diaryl/α,β-unsaturated/α-hetero) is 1. The molecule has 3 aromatic rings. The number of aliphatic hydroxyl groups excluding tert-OH is 1. The Morgan fingerprint density at radius 3 is 2.37 bits per heavy atom. The predicted octanol–water partition coefficient (Wildman–Crippen LogP) is 3.66. The Labute approximate surface area is 173 Å². The molecule has 1 heterocycles. The molecule has 6 nitrogen and oxygen atoms in total. The van der Waals surface area contributed by atoms with Gasteiger partial charge in [0.05, 0.1) is 6.10 Å². The topological polar surface area (TPSA) is 107 Å². The number of carbonyl (C=O) groups is 1. The standard InChI is InChI=1S/C24H22O6/c25-16-9-7-15(8-10-16)23-21(29)12-17-19(27)13-20(28)22(24(17)30-23)18(26)11-6-14-4-2-1-3-5-14/h1-5,7-10,13,21,23,25,27-29H,6,11-12H2. The summed E-state index contributed by atoms with van der Waals surface area (Å²) in [5.74, 6) is -0.727. The van der Waals surface area contributed by atoms with Gasteiger partial charge in [-0.3, -0.25) is 4.79 Å². The van der Waals surface area contributed by atoms with E-state index in [1.807, 2.05) is 30.3 Å². The lowest BCUT2D eigenvalue weighted by Crippen LogP contribution is -2.31. The van der Waals surface area contributed by atoms with E-state index in [1.165, 1.54) is 12.1 Å². The fourth-order valence-electron chi connectivity index (χ4n) is 3.77. The number of fused-ring (bicyclic) bond motifs is 1. The lowest BCUT2D eigenvalue weighted by atomic mass is 9.90. The fraction of sp³-hybridized carbons (Fsp3) is 0.208. The van der Waals surface area contributed by atoms with E-state index in [9.17, 15) is 25.2 Å². The quantitative estimate of drug-likeness (QED) is 0.482. The summed E-state index contributed by atoms with van der Waals surface area (Å²) in [5.41, 5.74) is 1.90. The highest BCUT2D eigenvalue weighted by Gasteiger charge is 2.35. The van der Waals surface area contributed by atoms with Crippen molar-refractivity contribution in [2.75, 3.05) is 0 Å². The van der Waals surface area contributed by atoms with Gasteiger partial charge in [-0.05, 0) is 29.7 Å². The summed E-state index contributed by atoms with van der Waals surface area (Å²) in [5, 5.41) is 40.8. The molecular weight excluding hydrogens is 384 g/mol. The molecule has 1 aliphatic heterocycles. The van der Waals surface area contributed by atoms with Gasteiger partial charge in [0, 0.05) is 24.5 Å². The number of hydrogen-bond acceptors (Lipinski definition) is 6. The maximum Gasteiger partial charge on any atom is 0.170 e. The van der Waals surface area contributed by atoms with E-state index < -0.39 is 12.2 Å². The van der Waals surface area contributed by atoms with Gasteiger partial charge < -0.3 is 25.2 Å². The van der Waals surface area contributed by atoms with Gasteiger partial charge in [-0.1, -0.05) is 42.5 Å². The highest BCUT2D eigenvalue weighted by atomic mass is 16.5. The number of phenols is 3. The molecule has 0 spiro atoms. The summed E-state index contributed by atoms with van der Waals surface area (Å²) < 4.78 is 5.96. The minimum absolute atomic E-state index is 0.00871. The van der Waals surface area contributed by atoms with Crippen LogP contribution < -0.4 is 4.74 Å². The van der Waals surface area contributed by atoms with Crippen molar-refractivity contribution in [1.82, 2.24) is 0 Å². The van der Waals surface area contributed by atoms with E-state index in [1.54, 1.807) is 12.1 Å². The summed E-state index contributed by atoms with van der Waals surface area (Å²) in [6.07, 6.45) is -1.06. The average Bonchev–Trinajstić information content (AvgIpc) is 2.74. The van der Waals surface area contributed by atoms with Crippen LogP contribution in [0.4, 0.5) is 0 Å². The van der Waals surface area contributed by atoms with Gasteiger partial charge in [0.25, 0.3) is 0 Å². The fourth-order valence-corrected chi connectivity index (χ4v) is 3.77. The third-order valence-corrected chi connectivity index (χ3v) is 5.33. The van der Waals surface area contributed by atoms with Gasteiger partial charge in [-0.2, -0.15) is 0 Å². The number of rotatable bonds is 5. The highest BCUT2D eigenvalue weighted by molar-refractivity contribution is 6.02. The molecule has 2 atom stereocenters. The van der Waals surface area contributed by atoms with Crippen molar-refractivity contribution < 1.29 is 30.0 Å². The van der Waals surface area contributed by atoms with Crippen LogP contribution in [0.25, 0.3) is 0 Å². The van der Waals surface area contributed by atoms with E-state index in [-0.39, 0.29) is 47.2 Å². The Balaban J connectivity index is 1.67. The van der Waals surface area contributed by atoms with Gasteiger partial charge in [-0.15, -0.1) is 0 Å². The number of ketones is 1. The number of ether oxygens (including phenoxy) is 1. The van der Waals surface area contributed by atoms with Gasteiger partial charge in [0.1, 0.15) is 34.7 Å². The number of aryl methyl sites for hydroxylation is 1. The molecule has 0 amide bonds. The summed E-state index contributed by atoms with van der Waals surface area (Å²) in [6, 6.07) is 16.8. The summed E-state index contributed by atoms with van der Waals surface area (Å²) in [4.78, 5) is 13.0. The Bertz CT molecular complexity index is 1060. The molecule has 154 valence electrons. The molecule has 0 saturated carbocycles. The molecule has 6 heteroatoms. The molecule has 2 unspecified atom stereocenters. The summed E-state index contributed by atoms with van der Waals surface area (Å²) in [6.45, 7) is 0. The highest BCUT2D eigenvalue weighted by Crippen LogP contribution is 2.46. The zero-order valence-electron chi connectivity index (χ0n) is 16.2. The second kappa shape index (κ2) is 8.08. The second-order valence-corrected chi connectivity index (χ2v) is 7.41. The minimum atomic E-state index is -0.968. The van der Waals surface area contributed by atoms with Crippen molar-refractivity contribution in [1.29, 1.82) is 0 Å². The number of aliphatic hydroxyl groups is 1. The Morgan fingerprint density at radius 1 is 0.967 bits per heavy atom. The van der Waals surface area contributed by atoms with Crippen LogP contribution in [0.1, 0.15) is 39.6 Å². The van der Waals surface area contributed by atoms with Crippen molar-refractivity contribution in [3.8, 4) is 23.0 Å². The first-order valence-corrected chi connectivity index (χ1v) is 9.72. The van der Waals surface area contributed by atoms with E-state index in [0.29, 0.717) is 17.5 Å². The van der Waals surface area contributed by atoms with Crippen LogP contribution in [0.3, 0.4) is 0 Å². The molecule has 30 heavy (non-hydrogen) atoms. The summed E-state index contributed by atoms with van der Waals surface area (Å²) >= 11 is 0. The number of benzene rings is 3. The molecule has 3 aromatic carbocycles. The minimum Gasteiger partial charge on any atom is -0.508 e. The van der Waals surface area contributed by atoms with Crippen LogP contribution in [0.2, 0.25) is 0 Å². The number of aromatic hydroxyl groups is 3. The molecule has 0 saturated heterocycles. The Kier molecular flexibility index (Phi) is 5.33. The lowest BCUT2D eigenvalue weighted by molar-refractivity contribution is 0.0190. The zero-order valence-corrected chi connectivity index (χ0v) is 16.2. The van der Waals surface area contributed by atoms with Crippen molar-refractivity contribution in [3.63, 3.8) is 0 Å². The van der Waals surface area contributed by atoms with E-state index in [4.69, 9.17) is 4.74 Å². The zero-order chi connectivity index (χ0) is 21.3. The van der Waals surface area contributed by atoms with Gasteiger partial charge >= 0.3 is 0 Å². The molecule has 0 fully saturated rings. The van der Waals surface area contributed by atoms with E-state index in [2.05, 4.69) is 0 Å². The molecule has 4 rings (SSSR count). The van der Waals surface area contributed by atoms with Crippen molar-refractivity contribution >= 4 is 5.78 Å². The predicted molar refractivity (Wildman–Crippen MR) is 110 cm³/mol. The van der Waals surface area contributed by atoms with Crippen molar-refractivity contribution in [2.24, 2.45) is 0 Å². The first kappa shape index (κ1) is 19.8. The smallest absolute Gasteiger partial charge is 0.170 e. The normalized spacial score (nSPS) is 17.8. The molecular formula is C24H22O6. The van der Waals surface area contributed by atoms with Crippen LogP contribution in [0.15, 0.2) is 60.7 Å². The van der Waals surface area contributed by atoms with Gasteiger partial charge in [0.2, 0.25) is 0 Å². The molecule has 1 aliphatic rings. The Morgan fingerprint density at radius 2 is 1.67 bits per heavy atom. The van der Waals surface area contributed by atoms with Gasteiger partial charge in [-0.25, -0.2) is 0 Å². The molecule has 0 aliphatic carbocycles. The first-order valence-electron chi connectivity index (χ1n) is 9.72. The number of phenolic OH excluding ortho intramolecular Hbond substituents is 3. The number of carbonyl (C=O) groups excluding carboxylic acids is 1. The maximum absolute atomic E-state index is 13.0. The Hall–Kier alpha value is -3.51. The van der Waals surface area contributed by atoms with E-state index >= 15 is 0 Å². The maximum atomic E-state index is 13.0. The van der Waals surface area contributed by atoms with Crippen molar-refractivity contribution in [2.45, 2.75) is 31.5 Å². The monoisotopic (exact) mass is 406 g/mol. The van der Waals surface area contributed by atoms with Gasteiger partial charge in [0.15, 0.2) is 5.78 Å². The first-order chi connectivity index (χ1) is 14.4. The average molecular weight is 406 g/mol. The molecule has 0 bridgehead atoms. The van der Waals surface area contributed by atoms with E-state index in [0.717, 1.165) is 11.6 Å². The molecule has 4 N–H and O–H groups in total. The molecule has 0 aromatic heterocycles. The second-order valence-electron chi connectivity index (χ2n) is 7.41. The summed E-state index contributed by atoms with van der Waals surface area (Å²) in [7, 11) is 0. The van der Waals surface area contributed by atoms with Crippen LogP contribution in [0.5, 0.6) is 23.0 Å². The third-order valence-electron chi connectivity index (χ3n) is 5.33. The lowest BCUT2D eigenvalue weighted by Gasteiger charge is -2.32. The molecule has 0 radical (unpaired) electrons. The SMILES string of the molecule is O=C(CCc1ccccc1)c1c(O)cc(O)c2c1OC(c1ccc(O)cc1)C(O)C2. The van der Waals surface area contributed by atoms with Crippen LogP contribution in [-0.2, 0) is 12.8 Å². The van der Waals surface area contributed by atoms with Crippen LogP contribution in [-0.4, -0.2) is 32.3 Å². The number of hydrogen-bond donors (Lipinski definition) is 4. The largest absolute Gasteiger partial charge is 0.508 e. The third kappa shape index (κ3) is 3.82.